The molecule has 116 valence electrons. The molecule has 2 amide bonds. The molecule has 0 bridgehead atoms. The minimum Gasteiger partial charge on any atom is -0.481 e. The van der Waals surface area contributed by atoms with Crippen molar-refractivity contribution in [3.8, 4) is 0 Å². The topological polar surface area (TPSA) is 60.9 Å². The quantitative estimate of drug-likeness (QED) is 0.782. The number of hydrogen-bond donors (Lipinski definition) is 1. The highest BCUT2D eigenvalue weighted by Crippen LogP contribution is 2.22. The van der Waals surface area contributed by atoms with Crippen molar-refractivity contribution < 1.29 is 14.7 Å². The molecule has 1 N–H and O–H groups in total. The fourth-order valence-corrected chi connectivity index (χ4v) is 2.88. The molecule has 0 radical (unpaired) electrons. The Bertz CT molecular complexity index is 329. The number of urea groups is 1. The van der Waals surface area contributed by atoms with E-state index in [0.717, 1.165) is 32.2 Å². The van der Waals surface area contributed by atoms with E-state index >= 15 is 0 Å². The summed E-state index contributed by atoms with van der Waals surface area (Å²) < 4.78 is 0. The Morgan fingerprint density at radius 1 is 1.30 bits per heavy atom. The minimum absolute atomic E-state index is 0.0168. The van der Waals surface area contributed by atoms with Crippen molar-refractivity contribution >= 4 is 12.0 Å². The molecule has 0 aromatic heterocycles. The highest BCUT2D eigenvalue weighted by molar-refractivity contribution is 5.76. The summed E-state index contributed by atoms with van der Waals surface area (Å²) in [6.45, 7) is 8.44. The molecule has 1 saturated heterocycles. The Labute approximate surface area is 121 Å². The average Bonchev–Trinajstić information content (AvgIpc) is 2.87. The molecule has 1 fully saturated rings. The molecule has 1 aliphatic heterocycles. The van der Waals surface area contributed by atoms with Crippen LogP contribution in [0.15, 0.2) is 0 Å². The van der Waals surface area contributed by atoms with Crippen molar-refractivity contribution in [2.24, 2.45) is 5.92 Å². The van der Waals surface area contributed by atoms with Crippen molar-refractivity contribution in [3.05, 3.63) is 0 Å². The first-order valence-electron chi connectivity index (χ1n) is 7.80. The minimum atomic E-state index is -0.822. The van der Waals surface area contributed by atoms with Crippen LogP contribution in [-0.4, -0.2) is 52.6 Å². The Kier molecular flexibility index (Phi) is 6.82. The summed E-state index contributed by atoms with van der Waals surface area (Å²) in [6.07, 6.45) is 3.92. The molecule has 0 aromatic rings. The maximum absolute atomic E-state index is 12.6. The van der Waals surface area contributed by atoms with Crippen molar-refractivity contribution in [3.63, 3.8) is 0 Å². The van der Waals surface area contributed by atoms with Gasteiger partial charge in [-0.1, -0.05) is 26.7 Å². The maximum atomic E-state index is 12.6. The summed E-state index contributed by atoms with van der Waals surface area (Å²) in [6, 6.07) is -0.112. The molecule has 20 heavy (non-hydrogen) atoms. The van der Waals surface area contributed by atoms with Gasteiger partial charge in [0.25, 0.3) is 0 Å². The lowest BCUT2D eigenvalue weighted by Crippen LogP contribution is -2.47. The second-order valence-corrected chi connectivity index (χ2v) is 5.59. The molecule has 0 spiro atoms. The summed E-state index contributed by atoms with van der Waals surface area (Å²) in [4.78, 5) is 27.1. The highest BCUT2D eigenvalue weighted by atomic mass is 16.4. The number of carbonyl (C=O) groups is 2. The van der Waals surface area contributed by atoms with Crippen LogP contribution in [0.3, 0.4) is 0 Å². The Morgan fingerprint density at radius 3 is 2.45 bits per heavy atom. The van der Waals surface area contributed by atoms with Gasteiger partial charge in [0, 0.05) is 25.7 Å². The molecule has 0 aliphatic carbocycles. The third-order valence-electron chi connectivity index (χ3n) is 4.32. The predicted octanol–water partition coefficient (Wildman–Crippen LogP) is 2.80. The third kappa shape index (κ3) is 4.39. The molecular formula is C15H28N2O3. The molecule has 1 aliphatic rings. The third-order valence-corrected chi connectivity index (χ3v) is 4.32. The number of nitrogens with zero attached hydrogens (tertiary/aromatic N) is 2. The summed E-state index contributed by atoms with van der Waals surface area (Å²) in [5.41, 5.74) is 0. The van der Waals surface area contributed by atoms with Crippen LogP contribution in [0.25, 0.3) is 0 Å². The fourth-order valence-electron chi connectivity index (χ4n) is 2.88. The van der Waals surface area contributed by atoms with Crippen LogP contribution in [0.2, 0.25) is 0 Å². The monoisotopic (exact) mass is 284 g/mol. The average molecular weight is 284 g/mol. The first kappa shape index (κ1) is 16.8. The molecule has 1 unspecified atom stereocenters. The Hall–Kier alpha value is -1.26. The number of carbonyl (C=O) groups excluding carboxylic acids is 1. The van der Waals surface area contributed by atoms with E-state index in [-0.39, 0.29) is 18.5 Å². The molecular weight excluding hydrogens is 256 g/mol. The van der Waals surface area contributed by atoms with E-state index in [1.807, 2.05) is 11.8 Å². The zero-order valence-corrected chi connectivity index (χ0v) is 13.0. The second-order valence-electron chi connectivity index (χ2n) is 5.59. The van der Waals surface area contributed by atoms with Gasteiger partial charge in [0.15, 0.2) is 0 Å². The maximum Gasteiger partial charge on any atom is 0.320 e. The smallest absolute Gasteiger partial charge is 0.320 e. The van der Waals surface area contributed by atoms with E-state index in [1.54, 1.807) is 4.90 Å². The molecule has 0 saturated carbocycles. The van der Waals surface area contributed by atoms with Gasteiger partial charge >= 0.3 is 12.0 Å². The summed E-state index contributed by atoms with van der Waals surface area (Å²) in [7, 11) is 0. The summed E-state index contributed by atoms with van der Waals surface area (Å²) in [5.74, 6) is -0.294. The molecule has 5 nitrogen and oxygen atoms in total. The molecule has 0 aromatic carbocycles. The Morgan fingerprint density at radius 2 is 1.95 bits per heavy atom. The van der Waals surface area contributed by atoms with Crippen LogP contribution in [0, 0.1) is 5.92 Å². The van der Waals surface area contributed by atoms with Gasteiger partial charge in [0.1, 0.15) is 0 Å². The van der Waals surface area contributed by atoms with Gasteiger partial charge in [-0.2, -0.15) is 0 Å². The predicted molar refractivity (Wildman–Crippen MR) is 78.7 cm³/mol. The number of likely N-dealkylation sites (tertiary alicyclic amines) is 1. The van der Waals surface area contributed by atoms with E-state index in [4.69, 9.17) is 5.11 Å². The highest BCUT2D eigenvalue weighted by Gasteiger charge is 2.32. The van der Waals surface area contributed by atoms with Crippen LogP contribution in [0.1, 0.15) is 52.9 Å². The van der Waals surface area contributed by atoms with Crippen LogP contribution in [0.4, 0.5) is 4.79 Å². The second kappa shape index (κ2) is 8.12. The SMILES string of the molecule is CCC(CC)CN(CC)C(=O)N1CCCC1CC(=O)O. The van der Waals surface area contributed by atoms with Crippen molar-refractivity contribution in [2.75, 3.05) is 19.6 Å². The number of hydrogen-bond acceptors (Lipinski definition) is 2. The van der Waals surface area contributed by atoms with Gasteiger partial charge in [-0.05, 0) is 25.7 Å². The number of amides is 2. The zero-order chi connectivity index (χ0) is 15.1. The number of carboxylic acid groups (broad SMARTS) is 1. The van der Waals surface area contributed by atoms with E-state index in [9.17, 15) is 9.59 Å². The van der Waals surface area contributed by atoms with Crippen molar-refractivity contribution in [2.45, 2.75) is 58.9 Å². The number of aliphatic carboxylic acids is 1. The standard InChI is InChI=1S/C15H28N2O3/c1-4-12(5-2)11-16(6-3)15(20)17-9-7-8-13(17)10-14(18)19/h12-13H,4-11H2,1-3H3,(H,18,19). The van der Waals surface area contributed by atoms with Crippen molar-refractivity contribution in [1.29, 1.82) is 0 Å². The first-order valence-corrected chi connectivity index (χ1v) is 7.80. The van der Waals surface area contributed by atoms with E-state index in [1.165, 1.54) is 0 Å². The largest absolute Gasteiger partial charge is 0.481 e. The lowest BCUT2D eigenvalue weighted by atomic mass is 10.0. The molecule has 1 atom stereocenters. The fraction of sp³-hybridized carbons (Fsp3) is 0.867. The Balaban J connectivity index is 2.66. The molecule has 1 heterocycles. The van der Waals surface area contributed by atoms with Gasteiger partial charge in [0.2, 0.25) is 0 Å². The van der Waals surface area contributed by atoms with Crippen LogP contribution in [-0.2, 0) is 4.79 Å². The van der Waals surface area contributed by atoms with Crippen molar-refractivity contribution in [1.82, 2.24) is 9.80 Å². The molecule has 1 rings (SSSR count). The number of rotatable bonds is 7. The van der Waals surface area contributed by atoms with Crippen LogP contribution >= 0.6 is 0 Å². The van der Waals surface area contributed by atoms with Gasteiger partial charge < -0.3 is 14.9 Å². The summed E-state index contributed by atoms with van der Waals surface area (Å²) in [5, 5.41) is 8.94. The zero-order valence-electron chi connectivity index (χ0n) is 13.0. The van der Waals surface area contributed by atoms with E-state index in [0.29, 0.717) is 19.0 Å². The number of carboxylic acids is 1. The summed E-state index contributed by atoms with van der Waals surface area (Å²) >= 11 is 0. The normalized spacial score (nSPS) is 18.6. The van der Waals surface area contributed by atoms with E-state index < -0.39 is 5.97 Å². The lowest BCUT2D eigenvalue weighted by molar-refractivity contribution is -0.138. The van der Waals surface area contributed by atoms with Gasteiger partial charge in [0.05, 0.1) is 6.42 Å². The first-order chi connectivity index (χ1) is 9.53. The van der Waals surface area contributed by atoms with Crippen LogP contribution < -0.4 is 0 Å². The van der Waals surface area contributed by atoms with Crippen LogP contribution in [0.5, 0.6) is 0 Å². The van der Waals surface area contributed by atoms with Gasteiger partial charge in [-0.25, -0.2) is 4.79 Å². The lowest BCUT2D eigenvalue weighted by Gasteiger charge is -2.32. The molecule has 5 heteroatoms. The van der Waals surface area contributed by atoms with Gasteiger partial charge in [-0.15, -0.1) is 0 Å². The van der Waals surface area contributed by atoms with Gasteiger partial charge in [-0.3, -0.25) is 4.79 Å². The van der Waals surface area contributed by atoms with E-state index in [2.05, 4.69) is 13.8 Å².